The van der Waals surface area contributed by atoms with Crippen LogP contribution >= 0.6 is 11.8 Å². The van der Waals surface area contributed by atoms with Crippen LogP contribution in [0.2, 0.25) is 0 Å². The van der Waals surface area contributed by atoms with Crippen molar-refractivity contribution in [2.45, 2.75) is 5.16 Å². The summed E-state index contributed by atoms with van der Waals surface area (Å²) in [6.07, 6.45) is 0. The molecule has 0 fully saturated rings. The van der Waals surface area contributed by atoms with Crippen molar-refractivity contribution in [1.82, 2.24) is 25.1 Å². The van der Waals surface area contributed by atoms with Gasteiger partial charge in [0.25, 0.3) is 0 Å². The van der Waals surface area contributed by atoms with Crippen LogP contribution in [0.3, 0.4) is 0 Å². The average Bonchev–Trinajstić information content (AvgIpc) is 3.13. The van der Waals surface area contributed by atoms with Crippen LogP contribution < -0.4 is 10.9 Å². The molecule has 0 unspecified atom stereocenters. The molecule has 22 heavy (non-hydrogen) atoms. The fourth-order valence-electron chi connectivity index (χ4n) is 1.88. The normalized spacial score (nSPS) is 10.7. The van der Waals surface area contributed by atoms with Crippen LogP contribution in [0.15, 0.2) is 41.6 Å². The topological polar surface area (TPSA) is 126 Å². The smallest absolute Gasteiger partial charge is 0.210 e. The minimum absolute atomic E-state index is 0.242. The van der Waals surface area contributed by atoms with E-state index in [2.05, 4.69) is 20.4 Å². The maximum Gasteiger partial charge on any atom is 0.210 e. The number of hydrogen-bond acceptors (Lipinski definition) is 7. The Kier molecular flexibility index (Phi) is 3.79. The van der Waals surface area contributed by atoms with Crippen molar-refractivity contribution in [2.75, 3.05) is 11.6 Å². The number of aromatic amines is 1. The van der Waals surface area contributed by atoms with Gasteiger partial charge >= 0.3 is 0 Å². The first kappa shape index (κ1) is 14.1. The fraction of sp³-hybridized carbons (Fsp3) is 0.0769. The van der Waals surface area contributed by atoms with Gasteiger partial charge in [0.15, 0.2) is 0 Å². The number of nitrogens with zero attached hydrogens (tertiary/aromatic N) is 4. The third-order valence-electron chi connectivity index (χ3n) is 2.87. The highest BCUT2D eigenvalue weighted by molar-refractivity contribution is 7.99. The van der Waals surface area contributed by atoms with E-state index in [1.54, 1.807) is 6.07 Å². The lowest BCUT2D eigenvalue weighted by molar-refractivity contribution is -0.301. The molecular formula is C13H11N6O2S-. The zero-order valence-electron chi connectivity index (χ0n) is 11.3. The number of carbonyl (C=O) groups is 1. The molecule has 0 amide bonds. The third kappa shape index (κ3) is 2.79. The number of carboxylic acid groups (broad SMARTS) is 1. The van der Waals surface area contributed by atoms with Crippen molar-refractivity contribution in [2.24, 2.45) is 0 Å². The molecule has 8 nitrogen and oxygen atoms in total. The van der Waals surface area contributed by atoms with Crippen LogP contribution in [-0.4, -0.2) is 36.8 Å². The average molecular weight is 315 g/mol. The van der Waals surface area contributed by atoms with E-state index in [4.69, 9.17) is 5.84 Å². The first-order valence-electron chi connectivity index (χ1n) is 6.29. The van der Waals surface area contributed by atoms with E-state index in [0.717, 1.165) is 23.0 Å². The number of H-pyrrole nitrogens is 1. The summed E-state index contributed by atoms with van der Waals surface area (Å²) in [5, 5.41) is 25.6. The third-order valence-corrected chi connectivity index (χ3v) is 3.79. The number of nitrogen functional groups attached to an aromatic ring is 1. The Morgan fingerprint density at radius 2 is 2.09 bits per heavy atom. The summed E-state index contributed by atoms with van der Waals surface area (Å²) in [6, 6.07) is 11.4. The maximum absolute atomic E-state index is 10.5. The highest BCUT2D eigenvalue weighted by Crippen LogP contribution is 2.24. The van der Waals surface area contributed by atoms with Crippen LogP contribution in [0.25, 0.3) is 22.8 Å². The quantitative estimate of drug-likeness (QED) is 0.497. The Hall–Kier alpha value is -2.81. The summed E-state index contributed by atoms with van der Waals surface area (Å²) in [7, 11) is 0. The monoisotopic (exact) mass is 315 g/mol. The molecule has 2 aromatic heterocycles. The largest absolute Gasteiger partial charge is 0.549 e. The van der Waals surface area contributed by atoms with Gasteiger partial charge in [0.2, 0.25) is 11.0 Å². The summed E-state index contributed by atoms with van der Waals surface area (Å²) in [6.45, 7) is 0. The van der Waals surface area contributed by atoms with E-state index in [1.807, 2.05) is 30.3 Å². The number of nitrogens with two attached hydrogens (primary N) is 1. The summed E-state index contributed by atoms with van der Waals surface area (Å²) in [4.78, 5) is 10.5. The lowest BCUT2D eigenvalue weighted by atomic mass is 10.1. The molecule has 1 aromatic carbocycles. The number of aromatic nitrogens is 5. The first-order valence-corrected chi connectivity index (χ1v) is 7.28. The van der Waals surface area contributed by atoms with Crippen molar-refractivity contribution in [3.8, 4) is 22.8 Å². The molecule has 0 bridgehead atoms. The Morgan fingerprint density at radius 1 is 1.32 bits per heavy atom. The number of benzene rings is 1. The number of thioether (sulfide) groups is 1. The fourth-order valence-corrected chi connectivity index (χ4v) is 2.45. The zero-order chi connectivity index (χ0) is 15.5. The highest BCUT2D eigenvalue weighted by atomic mass is 32.2. The molecule has 0 aliphatic heterocycles. The molecule has 2 heterocycles. The van der Waals surface area contributed by atoms with Gasteiger partial charge in [0, 0.05) is 11.3 Å². The predicted octanol–water partition coefficient (Wildman–Crippen LogP) is -0.109. The van der Waals surface area contributed by atoms with Crippen molar-refractivity contribution >= 4 is 17.7 Å². The van der Waals surface area contributed by atoms with E-state index in [1.165, 1.54) is 4.68 Å². The summed E-state index contributed by atoms with van der Waals surface area (Å²) >= 11 is 0.942. The summed E-state index contributed by atoms with van der Waals surface area (Å²) < 4.78 is 1.22. The molecule has 0 atom stereocenters. The van der Waals surface area contributed by atoms with Gasteiger partial charge in [-0.25, -0.2) is 4.68 Å². The molecule has 3 rings (SSSR count). The van der Waals surface area contributed by atoms with Crippen LogP contribution in [-0.2, 0) is 4.79 Å². The molecule has 0 radical (unpaired) electrons. The zero-order valence-corrected chi connectivity index (χ0v) is 12.1. The Labute approximate surface area is 129 Å². The van der Waals surface area contributed by atoms with Gasteiger partial charge in [0.05, 0.1) is 11.7 Å². The standard InChI is InChI=1S/C13H12N6O2S/c14-19-12(17-18-13(19)22-7-11(20)21)10-6-9(15-16-10)8-4-2-1-3-5-8/h1-6H,7,14H2,(H,15,16)(H,20,21)/p-1. The van der Waals surface area contributed by atoms with Crippen molar-refractivity contribution < 1.29 is 9.90 Å². The van der Waals surface area contributed by atoms with Gasteiger partial charge < -0.3 is 15.7 Å². The predicted molar refractivity (Wildman–Crippen MR) is 78.9 cm³/mol. The van der Waals surface area contributed by atoms with Crippen LogP contribution in [0.5, 0.6) is 0 Å². The molecule has 0 saturated carbocycles. The minimum atomic E-state index is -1.19. The minimum Gasteiger partial charge on any atom is -0.549 e. The van der Waals surface area contributed by atoms with Crippen molar-refractivity contribution in [3.05, 3.63) is 36.4 Å². The lowest BCUT2D eigenvalue weighted by Gasteiger charge is -2.02. The maximum atomic E-state index is 10.5. The van der Waals surface area contributed by atoms with Crippen molar-refractivity contribution in [3.63, 3.8) is 0 Å². The Bertz CT molecular complexity index is 798. The van der Waals surface area contributed by atoms with Crippen molar-refractivity contribution in [1.29, 1.82) is 0 Å². The number of aliphatic carboxylic acids is 1. The number of rotatable bonds is 5. The Morgan fingerprint density at radius 3 is 2.82 bits per heavy atom. The van der Waals surface area contributed by atoms with E-state index < -0.39 is 5.97 Å². The van der Waals surface area contributed by atoms with Gasteiger partial charge in [0.1, 0.15) is 5.69 Å². The highest BCUT2D eigenvalue weighted by Gasteiger charge is 2.15. The van der Waals surface area contributed by atoms with Gasteiger partial charge in [-0.3, -0.25) is 5.10 Å². The van der Waals surface area contributed by atoms with Crippen LogP contribution in [0.4, 0.5) is 0 Å². The second-order valence-corrected chi connectivity index (χ2v) is 5.31. The van der Waals surface area contributed by atoms with Gasteiger partial charge in [-0.1, -0.05) is 42.1 Å². The van der Waals surface area contributed by atoms with E-state index in [0.29, 0.717) is 11.5 Å². The van der Waals surface area contributed by atoms with E-state index in [-0.39, 0.29) is 10.9 Å². The molecule has 0 aliphatic rings. The molecule has 9 heteroatoms. The van der Waals surface area contributed by atoms with Gasteiger partial charge in [-0.15, -0.1) is 10.2 Å². The first-order chi connectivity index (χ1) is 10.6. The summed E-state index contributed by atoms with van der Waals surface area (Å²) in [5.74, 6) is 4.82. The second kappa shape index (κ2) is 5.90. The van der Waals surface area contributed by atoms with Gasteiger partial charge in [-0.05, 0) is 6.07 Å². The number of carbonyl (C=O) groups excluding carboxylic acids is 1. The number of carboxylic acids is 1. The molecule has 0 saturated heterocycles. The SMILES string of the molecule is Nn1c(SCC(=O)[O-])nnc1-c1cc(-c2ccccc2)n[nH]1. The lowest BCUT2D eigenvalue weighted by Crippen LogP contribution is -2.24. The molecule has 0 aliphatic carbocycles. The molecule has 0 spiro atoms. The molecular weight excluding hydrogens is 304 g/mol. The van der Waals surface area contributed by atoms with Crippen LogP contribution in [0.1, 0.15) is 0 Å². The molecule has 112 valence electrons. The molecule has 3 aromatic rings. The Balaban J connectivity index is 1.86. The second-order valence-electron chi connectivity index (χ2n) is 4.37. The number of hydrogen-bond donors (Lipinski definition) is 2. The van der Waals surface area contributed by atoms with E-state index >= 15 is 0 Å². The van der Waals surface area contributed by atoms with Gasteiger partial charge in [-0.2, -0.15) is 5.10 Å². The molecule has 3 N–H and O–H groups in total. The number of nitrogens with one attached hydrogen (secondary N) is 1. The summed E-state index contributed by atoms with van der Waals surface area (Å²) in [5.41, 5.74) is 2.30. The van der Waals surface area contributed by atoms with E-state index in [9.17, 15) is 9.90 Å². The van der Waals surface area contributed by atoms with Crippen LogP contribution in [0, 0.1) is 0 Å².